The van der Waals surface area contributed by atoms with Crippen molar-refractivity contribution >= 4 is 33.3 Å². The van der Waals surface area contributed by atoms with E-state index in [2.05, 4.69) is 63.1 Å². The Kier molecular flexibility index (Phi) is 5.86. The molecule has 33 heavy (non-hydrogen) atoms. The fourth-order valence-corrected chi connectivity index (χ4v) is 5.77. The van der Waals surface area contributed by atoms with Gasteiger partial charge in [-0.2, -0.15) is 0 Å². The van der Waals surface area contributed by atoms with Crippen LogP contribution in [0.3, 0.4) is 0 Å². The number of nitrogens with zero attached hydrogens (tertiary/aromatic N) is 4. The fourth-order valence-electron chi connectivity index (χ4n) is 3.85. The number of H-pyrrole nitrogens is 1. The van der Waals surface area contributed by atoms with Crippen molar-refractivity contribution in [1.29, 1.82) is 0 Å². The number of aromatic amines is 1. The molecule has 0 radical (unpaired) electrons. The van der Waals surface area contributed by atoms with Crippen LogP contribution in [0.4, 0.5) is 0 Å². The first-order valence-corrected chi connectivity index (χ1v) is 12.5. The van der Waals surface area contributed by atoms with E-state index < -0.39 is 0 Å². The Labute approximate surface area is 199 Å². The summed E-state index contributed by atoms with van der Waals surface area (Å²) < 4.78 is 2.08. The van der Waals surface area contributed by atoms with Crippen molar-refractivity contribution in [3.8, 4) is 11.1 Å². The summed E-state index contributed by atoms with van der Waals surface area (Å²) in [6.07, 6.45) is 0. The molecule has 0 saturated heterocycles. The number of hydrogen-bond donors (Lipinski definition) is 1. The molecule has 2 aromatic carbocycles. The molecule has 3 heterocycles. The van der Waals surface area contributed by atoms with Crippen molar-refractivity contribution in [2.45, 2.75) is 38.2 Å². The number of benzene rings is 2. The van der Waals surface area contributed by atoms with Crippen molar-refractivity contribution in [3.63, 3.8) is 0 Å². The maximum absolute atomic E-state index is 13.1. The Hall–Kier alpha value is -3.23. The molecule has 0 bridgehead atoms. The second kappa shape index (κ2) is 8.96. The van der Waals surface area contributed by atoms with E-state index in [1.807, 2.05) is 32.0 Å². The summed E-state index contributed by atoms with van der Waals surface area (Å²) in [5.41, 5.74) is 4.30. The molecule has 0 spiro atoms. The first-order chi connectivity index (χ1) is 16.0. The van der Waals surface area contributed by atoms with Gasteiger partial charge in [0.25, 0.3) is 5.56 Å². The van der Waals surface area contributed by atoms with Crippen LogP contribution in [0.2, 0.25) is 0 Å². The first kappa shape index (κ1) is 21.6. The van der Waals surface area contributed by atoms with E-state index in [1.54, 1.807) is 11.3 Å². The zero-order valence-electron chi connectivity index (χ0n) is 18.6. The zero-order valence-corrected chi connectivity index (χ0v) is 20.3. The summed E-state index contributed by atoms with van der Waals surface area (Å²) in [6.45, 7) is 6.76. The standard InChI is InChI=1S/C25H23N5OS2/c1-15-9-11-19(12-10-15)21-16(2)33-24-22(21)23(31)26-20(27-24)14-32-25-29-28-17(3)30(25)13-18-7-5-4-6-8-18/h4-12H,13-14H2,1-3H3,(H,26,27,31). The second-order valence-corrected chi connectivity index (χ2v) is 10.1. The molecule has 1 N–H and O–H groups in total. The van der Waals surface area contributed by atoms with Crippen LogP contribution in [0.1, 0.15) is 27.7 Å². The molecule has 166 valence electrons. The van der Waals surface area contributed by atoms with E-state index in [1.165, 1.54) is 22.9 Å². The molecule has 0 aliphatic rings. The average Bonchev–Trinajstić information content (AvgIpc) is 3.33. The summed E-state index contributed by atoms with van der Waals surface area (Å²) in [7, 11) is 0. The molecular weight excluding hydrogens is 450 g/mol. The number of thiophene rings is 1. The van der Waals surface area contributed by atoms with Gasteiger partial charge in [0.05, 0.1) is 17.7 Å². The van der Waals surface area contributed by atoms with Crippen LogP contribution in [0.5, 0.6) is 0 Å². The van der Waals surface area contributed by atoms with Crippen LogP contribution >= 0.6 is 23.1 Å². The van der Waals surface area contributed by atoms with Crippen molar-refractivity contribution in [1.82, 2.24) is 24.7 Å². The molecule has 0 fully saturated rings. The molecule has 3 aromatic heterocycles. The third-order valence-corrected chi connectivity index (χ3v) is 7.53. The van der Waals surface area contributed by atoms with E-state index in [-0.39, 0.29) is 5.56 Å². The van der Waals surface area contributed by atoms with Crippen LogP contribution in [-0.4, -0.2) is 24.7 Å². The molecule has 0 aliphatic heterocycles. The minimum Gasteiger partial charge on any atom is -0.309 e. The molecule has 0 atom stereocenters. The maximum Gasteiger partial charge on any atom is 0.260 e. The second-order valence-electron chi connectivity index (χ2n) is 7.98. The Bertz CT molecular complexity index is 1480. The topological polar surface area (TPSA) is 76.5 Å². The third kappa shape index (κ3) is 4.36. The SMILES string of the molecule is Cc1ccc(-c2c(C)sc3nc(CSc4nnc(C)n4Cc4ccccc4)[nH]c(=O)c23)cc1. The highest BCUT2D eigenvalue weighted by Crippen LogP contribution is 2.36. The number of aromatic nitrogens is 5. The maximum atomic E-state index is 13.1. The summed E-state index contributed by atoms with van der Waals surface area (Å²) in [5, 5.41) is 10.1. The van der Waals surface area contributed by atoms with Gasteiger partial charge in [0, 0.05) is 10.4 Å². The number of hydrogen-bond acceptors (Lipinski definition) is 6. The predicted octanol–water partition coefficient (Wildman–Crippen LogP) is 5.51. The Morgan fingerprint density at radius 1 is 1.00 bits per heavy atom. The van der Waals surface area contributed by atoms with Gasteiger partial charge in [0.15, 0.2) is 5.16 Å². The molecule has 6 nitrogen and oxygen atoms in total. The van der Waals surface area contributed by atoms with E-state index in [9.17, 15) is 4.79 Å². The summed E-state index contributed by atoms with van der Waals surface area (Å²) in [4.78, 5) is 22.7. The van der Waals surface area contributed by atoms with Gasteiger partial charge in [-0.05, 0) is 31.9 Å². The highest BCUT2D eigenvalue weighted by molar-refractivity contribution is 7.98. The van der Waals surface area contributed by atoms with Crippen molar-refractivity contribution < 1.29 is 0 Å². The number of fused-ring (bicyclic) bond motifs is 1. The molecular formula is C25H23N5OS2. The molecule has 5 rings (SSSR count). The van der Waals surface area contributed by atoms with Gasteiger partial charge in [0.1, 0.15) is 16.5 Å². The van der Waals surface area contributed by atoms with Gasteiger partial charge in [-0.1, -0.05) is 71.9 Å². The lowest BCUT2D eigenvalue weighted by atomic mass is 10.0. The Morgan fingerprint density at radius 2 is 1.76 bits per heavy atom. The van der Waals surface area contributed by atoms with Crippen LogP contribution in [0.15, 0.2) is 64.5 Å². The quantitative estimate of drug-likeness (QED) is 0.329. The van der Waals surface area contributed by atoms with Crippen molar-refractivity contribution in [2.24, 2.45) is 0 Å². The Morgan fingerprint density at radius 3 is 2.52 bits per heavy atom. The fraction of sp³-hybridized carbons (Fsp3) is 0.200. The van der Waals surface area contributed by atoms with E-state index in [0.29, 0.717) is 23.5 Å². The lowest BCUT2D eigenvalue weighted by molar-refractivity contribution is 0.688. The average molecular weight is 474 g/mol. The van der Waals surface area contributed by atoms with E-state index >= 15 is 0 Å². The molecule has 0 unspecified atom stereocenters. The lowest BCUT2D eigenvalue weighted by Crippen LogP contribution is -2.11. The summed E-state index contributed by atoms with van der Waals surface area (Å²) in [6, 6.07) is 18.5. The van der Waals surface area contributed by atoms with Gasteiger partial charge in [-0.3, -0.25) is 4.79 Å². The first-order valence-electron chi connectivity index (χ1n) is 10.7. The zero-order chi connectivity index (χ0) is 22.9. The van der Waals surface area contributed by atoms with Crippen LogP contribution in [0, 0.1) is 20.8 Å². The number of nitrogens with one attached hydrogen (secondary N) is 1. The van der Waals surface area contributed by atoms with Gasteiger partial charge in [0.2, 0.25) is 0 Å². The van der Waals surface area contributed by atoms with Crippen molar-refractivity contribution in [3.05, 3.63) is 92.6 Å². The minimum absolute atomic E-state index is 0.0996. The lowest BCUT2D eigenvalue weighted by Gasteiger charge is -2.08. The summed E-state index contributed by atoms with van der Waals surface area (Å²) >= 11 is 3.09. The normalized spacial score (nSPS) is 11.4. The minimum atomic E-state index is -0.0996. The molecule has 0 saturated carbocycles. The highest BCUT2D eigenvalue weighted by atomic mass is 32.2. The van der Waals surface area contributed by atoms with E-state index in [4.69, 9.17) is 4.98 Å². The van der Waals surface area contributed by atoms with Gasteiger partial charge < -0.3 is 9.55 Å². The number of aryl methyl sites for hydroxylation is 3. The third-order valence-electron chi connectivity index (χ3n) is 5.55. The predicted molar refractivity (Wildman–Crippen MR) is 135 cm³/mol. The highest BCUT2D eigenvalue weighted by Gasteiger charge is 2.17. The molecule has 8 heteroatoms. The molecule has 0 amide bonds. The van der Waals surface area contributed by atoms with Crippen LogP contribution < -0.4 is 5.56 Å². The van der Waals surface area contributed by atoms with Gasteiger partial charge in [-0.15, -0.1) is 21.5 Å². The monoisotopic (exact) mass is 473 g/mol. The van der Waals surface area contributed by atoms with Crippen LogP contribution in [0.25, 0.3) is 21.3 Å². The molecule has 5 aromatic rings. The largest absolute Gasteiger partial charge is 0.309 e. The Balaban J connectivity index is 1.42. The summed E-state index contributed by atoms with van der Waals surface area (Å²) in [5.74, 6) is 2.01. The van der Waals surface area contributed by atoms with E-state index in [0.717, 1.165) is 31.8 Å². The van der Waals surface area contributed by atoms with Gasteiger partial charge >= 0.3 is 0 Å². The van der Waals surface area contributed by atoms with Crippen LogP contribution in [-0.2, 0) is 12.3 Å². The number of thioether (sulfide) groups is 1. The molecule has 0 aliphatic carbocycles. The number of rotatable bonds is 6. The van der Waals surface area contributed by atoms with Gasteiger partial charge in [-0.25, -0.2) is 4.98 Å². The van der Waals surface area contributed by atoms with Crippen molar-refractivity contribution in [2.75, 3.05) is 0 Å². The smallest absolute Gasteiger partial charge is 0.260 e.